The molecule has 1 unspecified atom stereocenters. The molecular weight excluding hydrogens is 184 g/mol. The second kappa shape index (κ2) is 7.02. The normalized spacial score (nSPS) is 12.9. The van der Waals surface area contributed by atoms with Gasteiger partial charge in [0.25, 0.3) is 0 Å². The third-order valence-electron chi connectivity index (χ3n) is 2.18. The third kappa shape index (κ3) is 4.13. The monoisotopic (exact) mass is 202 g/mol. The Hall–Kier alpha value is -1.34. The number of ether oxygens (including phenoxy) is 1. The molecular formula is C14H18O. The van der Waals surface area contributed by atoms with Crippen LogP contribution in [0.1, 0.15) is 25.0 Å². The van der Waals surface area contributed by atoms with Crippen LogP contribution in [0.5, 0.6) is 0 Å². The van der Waals surface area contributed by atoms with Crippen LogP contribution in [-0.2, 0) is 4.74 Å². The molecule has 0 radical (unpaired) electrons. The van der Waals surface area contributed by atoms with E-state index in [1.54, 1.807) is 0 Å². The molecule has 80 valence electrons. The Morgan fingerprint density at radius 1 is 1.33 bits per heavy atom. The Kier molecular flexibility index (Phi) is 5.49. The molecule has 15 heavy (non-hydrogen) atoms. The first-order chi connectivity index (χ1) is 7.38. The predicted octanol–water partition coefficient (Wildman–Crippen LogP) is 3.90. The first-order valence-corrected chi connectivity index (χ1v) is 5.27. The second-order valence-electron chi connectivity index (χ2n) is 3.33. The van der Waals surface area contributed by atoms with Gasteiger partial charge in [0.2, 0.25) is 0 Å². The van der Waals surface area contributed by atoms with Crippen LogP contribution in [-0.4, -0.2) is 6.61 Å². The second-order valence-corrected chi connectivity index (χ2v) is 3.33. The quantitative estimate of drug-likeness (QED) is 0.636. The minimum Gasteiger partial charge on any atom is -0.369 e. The highest BCUT2D eigenvalue weighted by Crippen LogP contribution is 2.20. The molecule has 0 spiro atoms. The molecule has 0 aliphatic carbocycles. The molecule has 0 aliphatic rings. The van der Waals surface area contributed by atoms with E-state index in [4.69, 9.17) is 4.74 Å². The van der Waals surface area contributed by atoms with Gasteiger partial charge in [-0.3, -0.25) is 0 Å². The minimum absolute atomic E-state index is 0.125. The molecule has 0 saturated heterocycles. The maximum atomic E-state index is 5.75. The lowest BCUT2D eigenvalue weighted by Crippen LogP contribution is -2.03. The maximum Gasteiger partial charge on any atom is 0.0863 e. The van der Waals surface area contributed by atoms with Crippen LogP contribution >= 0.6 is 0 Å². The Labute approximate surface area is 92.1 Å². The van der Waals surface area contributed by atoms with Crippen LogP contribution in [0.4, 0.5) is 0 Å². The van der Waals surface area contributed by atoms with E-state index in [2.05, 4.69) is 18.7 Å². The first-order valence-electron chi connectivity index (χ1n) is 5.27. The average Bonchev–Trinajstić information content (AvgIpc) is 2.29. The standard InChI is InChI=1S/C14H18O/c1-3-5-12-15-14(9-4-2)13-10-7-6-8-11-13/h3-8,10-11,14H,2,9,12H2,1H3. The van der Waals surface area contributed by atoms with E-state index in [0.29, 0.717) is 6.61 Å². The first kappa shape index (κ1) is 11.7. The lowest BCUT2D eigenvalue weighted by atomic mass is 10.1. The molecule has 0 aliphatic heterocycles. The van der Waals surface area contributed by atoms with Gasteiger partial charge >= 0.3 is 0 Å². The summed E-state index contributed by atoms with van der Waals surface area (Å²) in [6, 6.07) is 10.3. The largest absolute Gasteiger partial charge is 0.369 e. The van der Waals surface area contributed by atoms with Crippen molar-refractivity contribution in [2.24, 2.45) is 0 Å². The minimum atomic E-state index is 0.125. The van der Waals surface area contributed by atoms with Crippen LogP contribution in [0.2, 0.25) is 0 Å². The summed E-state index contributed by atoms with van der Waals surface area (Å²) in [7, 11) is 0. The lowest BCUT2D eigenvalue weighted by molar-refractivity contribution is 0.0764. The van der Waals surface area contributed by atoms with Crippen molar-refractivity contribution >= 4 is 0 Å². The van der Waals surface area contributed by atoms with Crippen molar-refractivity contribution in [1.29, 1.82) is 0 Å². The molecule has 0 bridgehead atoms. The van der Waals surface area contributed by atoms with Crippen molar-refractivity contribution in [1.82, 2.24) is 0 Å². The predicted molar refractivity (Wildman–Crippen MR) is 64.8 cm³/mol. The van der Waals surface area contributed by atoms with E-state index in [0.717, 1.165) is 6.42 Å². The Balaban J connectivity index is 2.61. The van der Waals surface area contributed by atoms with Gasteiger partial charge in [-0.25, -0.2) is 0 Å². The SMILES string of the molecule is C=CCC(OCC=CC)c1ccccc1. The number of hydrogen-bond acceptors (Lipinski definition) is 1. The molecule has 0 amide bonds. The van der Waals surface area contributed by atoms with Crippen molar-refractivity contribution in [3.8, 4) is 0 Å². The zero-order valence-electron chi connectivity index (χ0n) is 9.23. The van der Waals surface area contributed by atoms with Crippen LogP contribution in [0.3, 0.4) is 0 Å². The molecule has 1 heteroatoms. The van der Waals surface area contributed by atoms with Crippen LogP contribution in [0, 0.1) is 0 Å². The van der Waals surface area contributed by atoms with E-state index in [1.807, 2.05) is 43.4 Å². The summed E-state index contributed by atoms with van der Waals surface area (Å²) in [6.07, 6.45) is 6.88. The summed E-state index contributed by atoms with van der Waals surface area (Å²) in [5.41, 5.74) is 1.21. The smallest absolute Gasteiger partial charge is 0.0863 e. The van der Waals surface area contributed by atoms with Gasteiger partial charge < -0.3 is 4.74 Å². The van der Waals surface area contributed by atoms with E-state index in [9.17, 15) is 0 Å². The molecule has 0 fully saturated rings. The summed E-state index contributed by atoms with van der Waals surface area (Å²) in [6.45, 7) is 6.41. The van der Waals surface area contributed by atoms with Gasteiger partial charge in [0.1, 0.15) is 0 Å². The zero-order valence-corrected chi connectivity index (χ0v) is 9.23. The summed E-state index contributed by atoms with van der Waals surface area (Å²) >= 11 is 0. The topological polar surface area (TPSA) is 9.23 Å². The Morgan fingerprint density at radius 3 is 2.67 bits per heavy atom. The number of allylic oxidation sites excluding steroid dienone is 1. The van der Waals surface area contributed by atoms with Gasteiger partial charge in [0, 0.05) is 0 Å². The van der Waals surface area contributed by atoms with Gasteiger partial charge in [-0.1, -0.05) is 48.6 Å². The van der Waals surface area contributed by atoms with E-state index in [1.165, 1.54) is 5.56 Å². The van der Waals surface area contributed by atoms with E-state index >= 15 is 0 Å². The Bertz CT molecular complexity index is 300. The van der Waals surface area contributed by atoms with Crippen molar-refractivity contribution in [2.45, 2.75) is 19.4 Å². The summed E-state index contributed by atoms with van der Waals surface area (Å²) in [4.78, 5) is 0. The fourth-order valence-corrected chi connectivity index (χ4v) is 1.39. The lowest BCUT2D eigenvalue weighted by Gasteiger charge is -2.15. The third-order valence-corrected chi connectivity index (χ3v) is 2.18. The summed E-state index contributed by atoms with van der Waals surface area (Å²) in [5, 5.41) is 0. The highest BCUT2D eigenvalue weighted by molar-refractivity contribution is 5.18. The number of rotatable bonds is 6. The molecule has 0 aromatic heterocycles. The van der Waals surface area contributed by atoms with Crippen LogP contribution in [0.15, 0.2) is 55.1 Å². The molecule has 1 atom stereocenters. The van der Waals surface area contributed by atoms with Gasteiger partial charge in [-0.15, -0.1) is 6.58 Å². The number of benzene rings is 1. The molecule has 0 N–H and O–H groups in total. The van der Waals surface area contributed by atoms with Crippen LogP contribution < -0.4 is 0 Å². The molecule has 1 rings (SSSR count). The average molecular weight is 202 g/mol. The van der Waals surface area contributed by atoms with Gasteiger partial charge in [0.05, 0.1) is 12.7 Å². The highest BCUT2D eigenvalue weighted by Gasteiger charge is 2.08. The zero-order chi connectivity index (χ0) is 10.9. The van der Waals surface area contributed by atoms with Gasteiger partial charge in [-0.05, 0) is 18.9 Å². The molecule has 0 saturated carbocycles. The van der Waals surface area contributed by atoms with Crippen molar-refractivity contribution in [3.63, 3.8) is 0 Å². The fraction of sp³-hybridized carbons (Fsp3) is 0.286. The maximum absolute atomic E-state index is 5.75. The molecule has 0 heterocycles. The highest BCUT2D eigenvalue weighted by atomic mass is 16.5. The molecule has 1 aromatic rings. The Morgan fingerprint density at radius 2 is 2.07 bits per heavy atom. The van der Waals surface area contributed by atoms with E-state index < -0.39 is 0 Å². The van der Waals surface area contributed by atoms with Gasteiger partial charge in [0.15, 0.2) is 0 Å². The summed E-state index contributed by atoms with van der Waals surface area (Å²) < 4.78 is 5.75. The van der Waals surface area contributed by atoms with Crippen molar-refractivity contribution < 1.29 is 4.74 Å². The van der Waals surface area contributed by atoms with Crippen molar-refractivity contribution in [2.75, 3.05) is 6.61 Å². The van der Waals surface area contributed by atoms with Crippen molar-refractivity contribution in [3.05, 3.63) is 60.7 Å². The molecule has 1 aromatic carbocycles. The summed E-state index contributed by atoms with van der Waals surface area (Å²) in [5.74, 6) is 0. The molecule has 1 nitrogen and oxygen atoms in total. The van der Waals surface area contributed by atoms with E-state index in [-0.39, 0.29) is 6.10 Å². The van der Waals surface area contributed by atoms with Crippen LogP contribution in [0.25, 0.3) is 0 Å². The fourth-order valence-electron chi connectivity index (χ4n) is 1.39. The number of hydrogen-bond donors (Lipinski definition) is 0. The van der Waals surface area contributed by atoms with Gasteiger partial charge in [-0.2, -0.15) is 0 Å².